The third-order valence-electron chi connectivity index (χ3n) is 3.83. The standard InChI is InChI=1S/C20H20BrCl2N3O3S/c1-11(2)7-8-29-17-6-3-12(21)9-15(17)18(27)24-20(30)26-25-19(28)14-5-4-13(22)10-16(14)23/h3-6,9-11H,7-8H2,1-2H3,(H,25,28)(H2,24,26,27,30). The second kappa shape index (κ2) is 11.5. The number of carbonyl (C=O) groups excluding carboxylic acids is 2. The van der Waals surface area contributed by atoms with Crippen molar-refractivity contribution in [3.05, 3.63) is 62.0 Å². The zero-order chi connectivity index (χ0) is 22.3. The molecular weight excluding hydrogens is 513 g/mol. The number of thiocarbonyl (C=S) groups is 1. The monoisotopic (exact) mass is 531 g/mol. The van der Waals surface area contributed by atoms with E-state index in [4.69, 9.17) is 40.2 Å². The molecular formula is C20H20BrCl2N3O3S. The first-order valence-corrected chi connectivity index (χ1v) is 10.9. The second-order valence-electron chi connectivity index (χ2n) is 6.66. The highest BCUT2D eigenvalue weighted by molar-refractivity contribution is 9.10. The van der Waals surface area contributed by atoms with Crippen molar-refractivity contribution in [1.82, 2.24) is 16.2 Å². The Bertz CT molecular complexity index is 957. The molecule has 160 valence electrons. The Hall–Kier alpha value is -1.87. The third kappa shape index (κ3) is 7.43. The molecule has 0 spiro atoms. The zero-order valence-corrected chi connectivity index (χ0v) is 20.1. The van der Waals surface area contributed by atoms with Crippen LogP contribution in [0, 0.1) is 5.92 Å². The molecule has 0 saturated heterocycles. The van der Waals surface area contributed by atoms with Crippen LogP contribution >= 0.6 is 51.3 Å². The minimum Gasteiger partial charge on any atom is -0.493 e. The molecule has 10 heteroatoms. The predicted molar refractivity (Wildman–Crippen MR) is 126 cm³/mol. The van der Waals surface area contributed by atoms with Gasteiger partial charge in [-0.15, -0.1) is 0 Å². The summed E-state index contributed by atoms with van der Waals surface area (Å²) in [4.78, 5) is 24.9. The van der Waals surface area contributed by atoms with Gasteiger partial charge in [0.05, 0.1) is 22.8 Å². The number of hydrogen-bond acceptors (Lipinski definition) is 4. The molecule has 2 amide bonds. The van der Waals surface area contributed by atoms with Crippen molar-refractivity contribution in [2.24, 2.45) is 5.92 Å². The molecule has 3 N–H and O–H groups in total. The highest BCUT2D eigenvalue weighted by atomic mass is 79.9. The summed E-state index contributed by atoms with van der Waals surface area (Å²) in [7, 11) is 0. The Kier molecular flexibility index (Phi) is 9.36. The van der Waals surface area contributed by atoms with Gasteiger partial charge in [0.25, 0.3) is 11.8 Å². The maximum absolute atomic E-state index is 12.6. The molecule has 0 aliphatic heterocycles. The second-order valence-corrected chi connectivity index (χ2v) is 8.83. The molecule has 0 unspecified atom stereocenters. The molecule has 0 bridgehead atoms. The number of halogens is 3. The van der Waals surface area contributed by atoms with Crippen molar-refractivity contribution in [2.45, 2.75) is 20.3 Å². The lowest BCUT2D eigenvalue weighted by Gasteiger charge is -2.14. The average molecular weight is 533 g/mol. The highest BCUT2D eigenvalue weighted by Gasteiger charge is 2.16. The Balaban J connectivity index is 1.97. The molecule has 0 radical (unpaired) electrons. The molecule has 2 rings (SSSR count). The summed E-state index contributed by atoms with van der Waals surface area (Å²) >= 11 is 20.3. The number of rotatable bonds is 6. The minimum absolute atomic E-state index is 0.0912. The average Bonchev–Trinajstić information content (AvgIpc) is 2.67. The van der Waals surface area contributed by atoms with Crippen molar-refractivity contribution in [3.8, 4) is 5.75 Å². The quantitative estimate of drug-likeness (QED) is 0.355. The van der Waals surface area contributed by atoms with Gasteiger partial charge in [-0.2, -0.15) is 0 Å². The van der Waals surface area contributed by atoms with E-state index in [9.17, 15) is 9.59 Å². The van der Waals surface area contributed by atoms with Crippen LogP contribution in [-0.4, -0.2) is 23.5 Å². The van der Waals surface area contributed by atoms with Crippen LogP contribution in [0.5, 0.6) is 5.75 Å². The molecule has 0 aliphatic rings. The SMILES string of the molecule is CC(C)CCOc1ccc(Br)cc1C(=O)NC(=S)NNC(=O)c1ccc(Cl)cc1Cl. The van der Waals surface area contributed by atoms with Gasteiger partial charge in [0, 0.05) is 9.50 Å². The fourth-order valence-corrected chi connectivity index (χ4v) is 3.27. The fraction of sp³-hybridized carbons (Fsp3) is 0.250. The van der Waals surface area contributed by atoms with Gasteiger partial charge in [-0.1, -0.05) is 53.0 Å². The summed E-state index contributed by atoms with van der Waals surface area (Å²) < 4.78 is 6.46. The largest absolute Gasteiger partial charge is 0.493 e. The number of amides is 2. The van der Waals surface area contributed by atoms with Crippen LogP contribution in [-0.2, 0) is 0 Å². The van der Waals surface area contributed by atoms with Gasteiger partial charge in [-0.05, 0) is 61.0 Å². The van der Waals surface area contributed by atoms with E-state index in [0.717, 1.165) is 6.42 Å². The summed E-state index contributed by atoms with van der Waals surface area (Å²) in [5, 5.41) is 3.01. The summed E-state index contributed by atoms with van der Waals surface area (Å²) in [5.41, 5.74) is 5.36. The Morgan fingerprint density at radius 1 is 1.07 bits per heavy atom. The van der Waals surface area contributed by atoms with E-state index in [2.05, 4.69) is 45.9 Å². The highest BCUT2D eigenvalue weighted by Crippen LogP contribution is 2.24. The van der Waals surface area contributed by atoms with E-state index in [1.165, 1.54) is 18.2 Å². The number of hydrazine groups is 1. The van der Waals surface area contributed by atoms with Gasteiger partial charge in [0.2, 0.25) is 0 Å². The van der Waals surface area contributed by atoms with Gasteiger partial charge >= 0.3 is 0 Å². The summed E-state index contributed by atoms with van der Waals surface area (Å²) in [6, 6.07) is 9.59. The Morgan fingerprint density at radius 3 is 2.47 bits per heavy atom. The number of nitrogens with one attached hydrogen (secondary N) is 3. The molecule has 0 aliphatic carbocycles. The molecule has 0 fully saturated rings. The summed E-state index contributed by atoms with van der Waals surface area (Å²) in [6.07, 6.45) is 0.858. The first kappa shape index (κ1) is 24.4. The normalized spacial score (nSPS) is 10.5. The molecule has 2 aromatic carbocycles. The number of benzene rings is 2. The minimum atomic E-state index is -0.534. The van der Waals surface area contributed by atoms with Gasteiger partial charge in [0.1, 0.15) is 5.75 Å². The molecule has 0 atom stereocenters. The zero-order valence-electron chi connectivity index (χ0n) is 16.2. The maximum atomic E-state index is 12.6. The smallest absolute Gasteiger partial charge is 0.271 e. The fourth-order valence-electron chi connectivity index (χ4n) is 2.27. The van der Waals surface area contributed by atoms with Crippen LogP contribution in [0.1, 0.15) is 41.0 Å². The van der Waals surface area contributed by atoms with Crippen LogP contribution < -0.4 is 20.9 Å². The van der Waals surface area contributed by atoms with Gasteiger partial charge in [-0.25, -0.2) is 0 Å². The van der Waals surface area contributed by atoms with Crippen LogP contribution in [0.25, 0.3) is 0 Å². The Labute approximate surface area is 198 Å². The van der Waals surface area contributed by atoms with Crippen LogP contribution in [0.2, 0.25) is 10.0 Å². The van der Waals surface area contributed by atoms with Crippen molar-refractivity contribution < 1.29 is 14.3 Å². The first-order chi connectivity index (χ1) is 14.2. The molecule has 2 aromatic rings. The van der Waals surface area contributed by atoms with E-state index >= 15 is 0 Å². The van der Waals surface area contributed by atoms with E-state index in [-0.39, 0.29) is 15.7 Å². The number of hydrogen-bond donors (Lipinski definition) is 3. The topological polar surface area (TPSA) is 79.5 Å². The van der Waals surface area contributed by atoms with Crippen molar-refractivity contribution in [3.63, 3.8) is 0 Å². The number of carbonyl (C=O) groups is 2. The molecule has 0 aromatic heterocycles. The van der Waals surface area contributed by atoms with Crippen molar-refractivity contribution in [1.29, 1.82) is 0 Å². The van der Waals surface area contributed by atoms with Crippen LogP contribution in [0.15, 0.2) is 40.9 Å². The molecule has 0 saturated carbocycles. The molecule has 6 nitrogen and oxygen atoms in total. The molecule has 0 heterocycles. The van der Waals surface area contributed by atoms with Crippen LogP contribution in [0.4, 0.5) is 0 Å². The van der Waals surface area contributed by atoms with Gasteiger partial charge < -0.3 is 4.74 Å². The van der Waals surface area contributed by atoms with Crippen molar-refractivity contribution >= 4 is 68.3 Å². The van der Waals surface area contributed by atoms with Gasteiger partial charge in [-0.3, -0.25) is 25.8 Å². The maximum Gasteiger partial charge on any atom is 0.271 e. The predicted octanol–water partition coefficient (Wildman–Crippen LogP) is 5.13. The van der Waals surface area contributed by atoms with E-state index in [1.54, 1.807) is 18.2 Å². The summed E-state index contributed by atoms with van der Waals surface area (Å²) in [5.74, 6) is -0.0936. The van der Waals surface area contributed by atoms with E-state index in [1.807, 2.05) is 0 Å². The lowest BCUT2D eigenvalue weighted by atomic mass is 10.1. The first-order valence-electron chi connectivity index (χ1n) is 8.96. The number of ether oxygens (including phenoxy) is 1. The van der Waals surface area contributed by atoms with E-state index in [0.29, 0.717) is 33.3 Å². The Morgan fingerprint density at radius 2 is 1.80 bits per heavy atom. The van der Waals surface area contributed by atoms with Crippen LogP contribution in [0.3, 0.4) is 0 Å². The molecule has 30 heavy (non-hydrogen) atoms. The summed E-state index contributed by atoms with van der Waals surface area (Å²) in [6.45, 7) is 4.67. The lowest BCUT2D eigenvalue weighted by molar-refractivity contribution is 0.0933. The lowest BCUT2D eigenvalue weighted by Crippen LogP contribution is -2.48. The van der Waals surface area contributed by atoms with E-state index < -0.39 is 11.8 Å². The van der Waals surface area contributed by atoms with Gasteiger partial charge in [0.15, 0.2) is 5.11 Å². The third-order valence-corrected chi connectivity index (χ3v) is 5.08. The van der Waals surface area contributed by atoms with Crippen molar-refractivity contribution in [2.75, 3.05) is 6.61 Å².